The highest BCUT2D eigenvalue weighted by Crippen LogP contribution is 2.35. The minimum atomic E-state index is -0.809. The number of ether oxygens (including phenoxy) is 2. The Morgan fingerprint density at radius 2 is 1.62 bits per heavy atom. The van der Waals surface area contributed by atoms with Gasteiger partial charge >= 0.3 is 6.03 Å². The van der Waals surface area contributed by atoms with E-state index in [2.05, 4.69) is 43.8 Å². The van der Waals surface area contributed by atoms with Gasteiger partial charge in [0, 0.05) is 14.5 Å². The van der Waals surface area contributed by atoms with E-state index in [9.17, 15) is 14.4 Å². The first-order valence-corrected chi connectivity index (χ1v) is 12.8. The van der Waals surface area contributed by atoms with Crippen molar-refractivity contribution in [2.75, 3.05) is 12.0 Å². The van der Waals surface area contributed by atoms with Crippen LogP contribution >= 0.6 is 31.9 Å². The lowest BCUT2D eigenvalue weighted by Gasteiger charge is -2.26. The van der Waals surface area contributed by atoms with Crippen LogP contribution in [0.15, 0.2) is 87.8 Å². The molecule has 1 saturated heterocycles. The van der Waals surface area contributed by atoms with Crippen molar-refractivity contribution in [1.82, 2.24) is 5.32 Å². The van der Waals surface area contributed by atoms with Gasteiger partial charge in [-0.1, -0.05) is 50.1 Å². The third-order valence-corrected chi connectivity index (χ3v) is 6.59. The van der Waals surface area contributed by atoms with E-state index >= 15 is 0 Å². The summed E-state index contributed by atoms with van der Waals surface area (Å²) in [5.41, 5.74) is 2.43. The highest BCUT2D eigenvalue weighted by molar-refractivity contribution is 9.10. The maximum absolute atomic E-state index is 13.2. The van der Waals surface area contributed by atoms with Crippen LogP contribution in [0.25, 0.3) is 6.08 Å². The highest BCUT2D eigenvalue weighted by atomic mass is 79.9. The molecule has 1 aliphatic heterocycles. The molecule has 37 heavy (non-hydrogen) atoms. The first-order chi connectivity index (χ1) is 17.8. The third kappa shape index (κ3) is 6.00. The van der Waals surface area contributed by atoms with Gasteiger partial charge in [-0.05, 0) is 72.2 Å². The van der Waals surface area contributed by atoms with E-state index in [0.717, 1.165) is 25.0 Å². The van der Waals surface area contributed by atoms with Gasteiger partial charge in [0.15, 0.2) is 11.5 Å². The van der Waals surface area contributed by atoms with E-state index < -0.39 is 17.8 Å². The van der Waals surface area contributed by atoms with Gasteiger partial charge in [-0.15, -0.1) is 6.58 Å². The molecule has 0 spiro atoms. The van der Waals surface area contributed by atoms with Crippen LogP contribution < -0.4 is 19.7 Å². The summed E-state index contributed by atoms with van der Waals surface area (Å²) in [6.07, 6.45) is 3.63. The van der Waals surface area contributed by atoms with Gasteiger partial charge in [0.05, 0.1) is 12.8 Å². The summed E-state index contributed by atoms with van der Waals surface area (Å²) in [4.78, 5) is 39.3. The Labute approximate surface area is 231 Å². The van der Waals surface area contributed by atoms with Crippen LogP contribution in [0.2, 0.25) is 0 Å². The molecule has 4 rings (SSSR count). The molecule has 0 aromatic heterocycles. The predicted molar refractivity (Wildman–Crippen MR) is 149 cm³/mol. The number of urea groups is 1. The number of hydrogen-bond acceptors (Lipinski definition) is 5. The molecule has 0 atom stereocenters. The summed E-state index contributed by atoms with van der Waals surface area (Å²) < 4.78 is 13.5. The number of halogens is 2. The Morgan fingerprint density at radius 3 is 2.24 bits per heavy atom. The zero-order chi connectivity index (χ0) is 26.5. The van der Waals surface area contributed by atoms with E-state index in [0.29, 0.717) is 35.8 Å². The SMILES string of the molecule is C=CCc1cc(/C=C2\C(=O)NC(=O)N(c3ccc(Br)cc3)C2=O)cc(OC)c1OCc1ccc(Br)cc1. The van der Waals surface area contributed by atoms with Crippen molar-refractivity contribution in [3.8, 4) is 11.5 Å². The van der Waals surface area contributed by atoms with E-state index in [1.165, 1.54) is 13.2 Å². The Morgan fingerprint density at radius 1 is 0.973 bits per heavy atom. The summed E-state index contributed by atoms with van der Waals surface area (Å²) in [6.45, 7) is 4.14. The van der Waals surface area contributed by atoms with E-state index in [4.69, 9.17) is 9.47 Å². The van der Waals surface area contributed by atoms with Crippen LogP contribution in [0.3, 0.4) is 0 Å². The minimum Gasteiger partial charge on any atom is -0.493 e. The zero-order valence-electron chi connectivity index (χ0n) is 19.8. The maximum Gasteiger partial charge on any atom is 0.335 e. The summed E-state index contributed by atoms with van der Waals surface area (Å²) in [6, 6.07) is 17.1. The molecule has 4 amide bonds. The number of anilines is 1. The number of amides is 4. The molecule has 3 aromatic rings. The lowest BCUT2D eigenvalue weighted by Crippen LogP contribution is -2.54. The number of nitrogens with one attached hydrogen (secondary N) is 1. The van der Waals surface area contributed by atoms with Crippen LogP contribution in [0.1, 0.15) is 16.7 Å². The summed E-state index contributed by atoms with van der Waals surface area (Å²) in [7, 11) is 1.52. The third-order valence-electron chi connectivity index (χ3n) is 5.53. The largest absolute Gasteiger partial charge is 0.493 e. The number of carbonyl (C=O) groups excluding carboxylic acids is 3. The molecular weight excluding hydrogens is 604 g/mol. The lowest BCUT2D eigenvalue weighted by atomic mass is 10.0. The standard InChI is InChI=1S/C28H22Br2N2O5/c1-3-4-19-13-18(15-24(36-2)25(19)37-16-17-5-7-20(29)8-6-17)14-23-26(33)31-28(35)32(27(23)34)22-11-9-21(30)10-12-22/h3,5-15H,1,4,16H2,2H3,(H,31,33,35)/b23-14+. The molecule has 0 radical (unpaired) electrons. The van der Waals surface area contributed by atoms with E-state index in [1.807, 2.05) is 24.3 Å². The molecule has 3 aromatic carbocycles. The Bertz CT molecular complexity index is 1400. The Hall–Kier alpha value is -3.69. The normalized spacial score (nSPS) is 14.5. The van der Waals surface area contributed by atoms with Gasteiger partial charge in [0.1, 0.15) is 12.2 Å². The van der Waals surface area contributed by atoms with Gasteiger partial charge in [-0.25, -0.2) is 9.69 Å². The van der Waals surface area contributed by atoms with Crippen molar-refractivity contribution < 1.29 is 23.9 Å². The van der Waals surface area contributed by atoms with Gasteiger partial charge in [0.25, 0.3) is 11.8 Å². The van der Waals surface area contributed by atoms with E-state index in [-0.39, 0.29) is 5.57 Å². The molecule has 7 nitrogen and oxygen atoms in total. The second-order valence-corrected chi connectivity index (χ2v) is 9.88. The zero-order valence-corrected chi connectivity index (χ0v) is 23.0. The van der Waals surface area contributed by atoms with Gasteiger partial charge in [-0.2, -0.15) is 0 Å². The topological polar surface area (TPSA) is 84.9 Å². The number of allylic oxidation sites excluding steroid dienone is 1. The smallest absolute Gasteiger partial charge is 0.335 e. The van der Waals surface area contributed by atoms with Crippen molar-refractivity contribution in [3.05, 3.63) is 105 Å². The van der Waals surface area contributed by atoms with Gasteiger partial charge in [-0.3, -0.25) is 14.9 Å². The molecule has 0 saturated carbocycles. The van der Waals surface area contributed by atoms with Crippen LogP contribution in [-0.2, 0) is 22.6 Å². The lowest BCUT2D eigenvalue weighted by molar-refractivity contribution is -0.122. The van der Waals surface area contributed by atoms with Gasteiger partial charge in [0.2, 0.25) is 0 Å². The molecule has 188 valence electrons. The average molecular weight is 626 g/mol. The number of hydrogen-bond donors (Lipinski definition) is 1. The number of rotatable bonds is 8. The number of barbiturate groups is 1. The number of carbonyl (C=O) groups is 3. The van der Waals surface area contributed by atoms with E-state index in [1.54, 1.807) is 42.5 Å². The van der Waals surface area contributed by atoms with Crippen LogP contribution in [0.4, 0.5) is 10.5 Å². The summed E-state index contributed by atoms with van der Waals surface area (Å²) in [5.74, 6) is -0.523. The molecular formula is C28H22Br2N2O5. The second-order valence-electron chi connectivity index (χ2n) is 8.05. The molecule has 1 fully saturated rings. The fraction of sp³-hybridized carbons (Fsp3) is 0.107. The Kier molecular flexibility index (Phi) is 8.25. The predicted octanol–water partition coefficient (Wildman–Crippen LogP) is 6.19. The minimum absolute atomic E-state index is 0.183. The number of methoxy groups -OCH3 is 1. The first kappa shape index (κ1) is 26.4. The van der Waals surface area contributed by atoms with Crippen molar-refractivity contribution in [2.45, 2.75) is 13.0 Å². The molecule has 1 aliphatic rings. The molecule has 1 heterocycles. The fourth-order valence-electron chi connectivity index (χ4n) is 3.77. The van der Waals surface area contributed by atoms with Crippen molar-refractivity contribution in [3.63, 3.8) is 0 Å². The molecule has 1 N–H and O–H groups in total. The molecule has 9 heteroatoms. The molecule has 0 aliphatic carbocycles. The first-order valence-electron chi connectivity index (χ1n) is 11.2. The van der Waals surface area contributed by atoms with Crippen LogP contribution in [-0.4, -0.2) is 25.0 Å². The second kappa shape index (κ2) is 11.6. The van der Waals surface area contributed by atoms with Crippen molar-refractivity contribution in [1.29, 1.82) is 0 Å². The number of benzene rings is 3. The monoisotopic (exact) mass is 624 g/mol. The van der Waals surface area contributed by atoms with Gasteiger partial charge < -0.3 is 9.47 Å². The highest BCUT2D eigenvalue weighted by Gasteiger charge is 2.36. The maximum atomic E-state index is 13.2. The molecule has 0 bridgehead atoms. The molecule has 0 unspecified atom stereocenters. The van der Waals surface area contributed by atoms with Crippen LogP contribution in [0.5, 0.6) is 11.5 Å². The average Bonchev–Trinajstić information content (AvgIpc) is 2.88. The van der Waals surface area contributed by atoms with Crippen molar-refractivity contribution >= 4 is 61.5 Å². The summed E-state index contributed by atoms with van der Waals surface area (Å²) >= 11 is 6.75. The number of nitrogens with zero attached hydrogens (tertiary/aromatic N) is 1. The van der Waals surface area contributed by atoms with Crippen molar-refractivity contribution in [2.24, 2.45) is 0 Å². The quantitative estimate of drug-likeness (QED) is 0.183. The summed E-state index contributed by atoms with van der Waals surface area (Å²) in [5, 5.41) is 2.24. The fourth-order valence-corrected chi connectivity index (χ4v) is 4.30. The van der Waals surface area contributed by atoms with Crippen LogP contribution in [0, 0.1) is 0 Å². The number of imide groups is 2. The Balaban J connectivity index is 1.69.